The van der Waals surface area contributed by atoms with Crippen LogP contribution in [0.3, 0.4) is 0 Å². The van der Waals surface area contributed by atoms with Crippen molar-refractivity contribution in [2.45, 2.75) is 195 Å². The van der Waals surface area contributed by atoms with Gasteiger partial charge in [0.05, 0.1) is 32.3 Å². The molecule has 0 aromatic carbocycles. The lowest BCUT2D eigenvalue weighted by molar-refractivity contribution is 0.101. The summed E-state index contributed by atoms with van der Waals surface area (Å²) in [5.74, 6) is 2.46. The first kappa shape index (κ1) is 47.7. The predicted octanol–water partition coefficient (Wildman–Crippen LogP) is 18.6. The molecule has 0 saturated carbocycles. The van der Waals surface area contributed by atoms with Gasteiger partial charge in [0.25, 0.3) is 5.91 Å². The van der Waals surface area contributed by atoms with Crippen molar-refractivity contribution in [2.75, 3.05) is 0 Å². The molecule has 4 atom stereocenters. The number of fused-ring (bicyclic) bond motifs is 7. The van der Waals surface area contributed by atoms with E-state index in [1.807, 2.05) is 34.0 Å². The molecule has 8 heteroatoms. The van der Waals surface area contributed by atoms with Crippen LogP contribution in [-0.4, -0.2) is 21.7 Å². The lowest BCUT2D eigenvalue weighted by atomic mass is 9.65. The zero-order valence-corrected chi connectivity index (χ0v) is 43.6. The summed E-state index contributed by atoms with van der Waals surface area (Å²) in [6, 6.07) is 9.73. The van der Waals surface area contributed by atoms with Crippen LogP contribution >= 0.6 is 45.3 Å². The largest absolute Gasteiger partial charge is 0.494 e. The van der Waals surface area contributed by atoms with Crippen LogP contribution < -0.4 is 0 Å². The number of amides is 1. The summed E-state index contributed by atoms with van der Waals surface area (Å²) in [5.41, 5.74) is 8.40. The third-order valence-electron chi connectivity index (χ3n) is 16.1. The highest BCUT2D eigenvalue weighted by Gasteiger charge is 2.50. The number of hydrogen-bond acceptors (Lipinski definition) is 6. The van der Waals surface area contributed by atoms with E-state index >= 15 is 0 Å². The number of aromatic nitrogens is 1. The van der Waals surface area contributed by atoms with Gasteiger partial charge >= 0.3 is 0 Å². The Morgan fingerprint density at radius 2 is 0.969 bits per heavy atom. The van der Waals surface area contributed by atoms with Crippen molar-refractivity contribution in [1.82, 2.24) is 4.98 Å². The summed E-state index contributed by atoms with van der Waals surface area (Å²) in [6.07, 6.45) is 24.6. The molecule has 5 aromatic rings. The van der Waals surface area contributed by atoms with Crippen LogP contribution in [0.5, 0.6) is 5.88 Å². The van der Waals surface area contributed by atoms with Crippen LogP contribution in [-0.2, 0) is 10.8 Å². The lowest BCUT2D eigenvalue weighted by Crippen LogP contribution is -2.31. The van der Waals surface area contributed by atoms with Gasteiger partial charge in [-0.05, 0) is 107 Å². The van der Waals surface area contributed by atoms with Gasteiger partial charge in [0.2, 0.25) is 0 Å². The second-order valence-corrected chi connectivity index (χ2v) is 24.0. The van der Waals surface area contributed by atoms with E-state index < -0.39 is 0 Å². The van der Waals surface area contributed by atoms with E-state index in [0.29, 0.717) is 40.5 Å². The monoisotopic (exact) mass is 936 g/mol. The Morgan fingerprint density at radius 3 is 1.38 bits per heavy atom. The molecule has 346 valence electrons. The molecular formula is C56H76N2O2S4. The number of carbonyl (C=O) groups is 1. The van der Waals surface area contributed by atoms with Crippen LogP contribution in [0.25, 0.3) is 30.1 Å². The van der Waals surface area contributed by atoms with E-state index in [1.165, 1.54) is 165 Å². The molecule has 2 aliphatic carbocycles. The quantitative estimate of drug-likeness (QED) is 0.0580. The number of rotatable bonds is 26. The SMILES string of the molecule is CCCCC(CC)CC1(CC(CC)CCCC)c2ccsc2-c2sc(C3=NC(=O)c4c(-c5cc6c(s5)-c5sccc5C6(CC(CC)CCCC)CC(CC)CCCC)[nH]c(O)c43)cc21. The summed E-state index contributed by atoms with van der Waals surface area (Å²) in [5, 5.41) is 16.6. The Labute approximate surface area is 401 Å². The molecule has 4 unspecified atom stereocenters. The van der Waals surface area contributed by atoms with Crippen LogP contribution in [0.15, 0.2) is 40.0 Å². The highest BCUT2D eigenvalue weighted by Crippen LogP contribution is 2.63. The molecule has 3 aliphatic rings. The zero-order valence-electron chi connectivity index (χ0n) is 40.4. The fourth-order valence-corrected chi connectivity index (χ4v) is 17.2. The van der Waals surface area contributed by atoms with Gasteiger partial charge in [-0.15, -0.1) is 45.3 Å². The molecule has 8 rings (SSSR count). The van der Waals surface area contributed by atoms with Gasteiger partial charge in [0.15, 0.2) is 5.88 Å². The normalized spacial score (nSPS) is 20.2. The van der Waals surface area contributed by atoms with E-state index in [4.69, 9.17) is 4.99 Å². The fraction of sp³-hybridized carbons (Fsp3) is 0.607. The third kappa shape index (κ3) is 8.55. The summed E-state index contributed by atoms with van der Waals surface area (Å²) in [6.45, 7) is 18.9. The summed E-state index contributed by atoms with van der Waals surface area (Å²) >= 11 is 7.38. The molecule has 0 fully saturated rings. The van der Waals surface area contributed by atoms with E-state index in [2.05, 4.69) is 95.4 Å². The van der Waals surface area contributed by atoms with Crippen LogP contribution in [0.2, 0.25) is 0 Å². The van der Waals surface area contributed by atoms with Crippen molar-refractivity contribution in [3.8, 4) is 36.0 Å². The minimum absolute atomic E-state index is 0.0446. The molecule has 0 bridgehead atoms. The second kappa shape index (κ2) is 20.6. The number of aromatic amines is 1. The van der Waals surface area contributed by atoms with Gasteiger partial charge in [-0.3, -0.25) is 4.79 Å². The van der Waals surface area contributed by atoms with Gasteiger partial charge < -0.3 is 10.1 Å². The first-order chi connectivity index (χ1) is 31.1. The lowest BCUT2D eigenvalue weighted by Gasteiger charge is -2.37. The van der Waals surface area contributed by atoms with E-state index in [-0.39, 0.29) is 22.6 Å². The standard InChI is InChI=1S/C56H76N2O2S4/c1-9-17-21-35(13-5)31-55(32-36(14-6)22-18-10-2)39-25-27-61-49(39)51-41(55)29-43(63-51)47-45-46(54(60)57-47)48(58-53(45)59)44-30-42-52(64-44)50-40(26-28-62-50)56(42,33-37(15-7)23-19-11-3)34-38(16-8)24-20-12-4/h25-30,35-38,57,60H,9-24,31-34H2,1-8H3. The van der Waals surface area contributed by atoms with E-state index in [9.17, 15) is 9.90 Å². The van der Waals surface area contributed by atoms with Crippen molar-refractivity contribution < 1.29 is 9.90 Å². The van der Waals surface area contributed by atoms with E-state index in [0.717, 1.165) is 15.4 Å². The number of aromatic hydroxyl groups is 1. The minimum atomic E-state index is -0.239. The maximum Gasteiger partial charge on any atom is 0.280 e. The average molecular weight is 938 g/mol. The van der Waals surface area contributed by atoms with Crippen LogP contribution in [0, 0.1) is 23.7 Å². The molecule has 0 spiro atoms. The van der Waals surface area contributed by atoms with Crippen molar-refractivity contribution in [1.29, 1.82) is 0 Å². The Kier molecular flexibility index (Phi) is 15.4. The molecule has 0 radical (unpaired) electrons. The van der Waals surface area contributed by atoms with Crippen molar-refractivity contribution in [3.63, 3.8) is 0 Å². The maximum absolute atomic E-state index is 14.4. The molecule has 0 saturated heterocycles. The number of nitrogens with zero attached hydrogens (tertiary/aromatic N) is 1. The first-order valence-corrected chi connectivity index (χ1v) is 29.1. The van der Waals surface area contributed by atoms with Gasteiger partial charge in [-0.1, -0.05) is 158 Å². The highest BCUT2D eigenvalue weighted by atomic mass is 32.1. The Balaban J connectivity index is 1.20. The van der Waals surface area contributed by atoms with E-state index in [1.54, 1.807) is 16.9 Å². The van der Waals surface area contributed by atoms with Gasteiger partial charge in [-0.2, -0.15) is 0 Å². The fourth-order valence-electron chi connectivity index (χ4n) is 12.4. The Morgan fingerprint density at radius 1 is 0.562 bits per heavy atom. The summed E-state index contributed by atoms with van der Waals surface area (Å²) in [7, 11) is 0. The number of hydrogen-bond donors (Lipinski definition) is 2. The average Bonchev–Trinajstić information content (AvgIpc) is 4.17. The zero-order chi connectivity index (χ0) is 45.2. The molecule has 6 heterocycles. The van der Waals surface area contributed by atoms with Crippen molar-refractivity contribution in [2.24, 2.45) is 28.7 Å². The molecule has 64 heavy (non-hydrogen) atoms. The number of aliphatic imine (C=N–C) groups is 1. The number of thiophene rings is 4. The third-order valence-corrected chi connectivity index (χ3v) is 20.6. The molecule has 1 aliphatic heterocycles. The van der Waals surface area contributed by atoms with Gasteiger partial charge in [0, 0.05) is 30.3 Å². The number of unbranched alkanes of at least 4 members (excludes halogenated alkanes) is 4. The molecule has 2 N–H and O–H groups in total. The number of H-pyrrole nitrogens is 1. The smallest absolute Gasteiger partial charge is 0.280 e. The Hall–Kier alpha value is -2.78. The highest BCUT2D eigenvalue weighted by molar-refractivity contribution is 7.24. The van der Waals surface area contributed by atoms with Crippen LogP contribution in [0.1, 0.15) is 227 Å². The molecular weight excluding hydrogens is 861 g/mol. The van der Waals surface area contributed by atoms with Crippen LogP contribution in [0.4, 0.5) is 0 Å². The van der Waals surface area contributed by atoms with Crippen molar-refractivity contribution in [3.05, 3.63) is 73.3 Å². The number of nitrogens with one attached hydrogen (secondary N) is 1. The molecule has 4 nitrogen and oxygen atoms in total. The molecule has 5 aromatic heterocycles. The topological polar surface area (TPSA) is 65.5 Å². The maximum atomic E-state index is 14.4. The molecule has 1 amide bonds. The minimum Gasteiger partial charge on any atom is -0.494 e. The van der Waals surface area contributed by atoms with Crippen molar-refractivity contribution >= 4 is 57.0 Å². The number of carbonyl (C=O) groups excluding carboxylic acids is 1. The Bertz CT molecular complexity index is 2360. The first-order valence-electron chi connectivity index (χ1n) is 25.7. The summed E-state index contributed by atoms with van der Waals surface area (Å²) < 4.78 is 0. The second-order valence-electron chi connectivity index (χ2n) is 20.0. The summed E-state index contributed by atoms with van der Waals surface area (Å²) in [4.78, 5) is 30.3. The van der Waals surface area contributed by atoms with Gasteiger partial charge in [0.1, 0.15) is 0 Å². The van der Waals surface area contributed by atoms with Gasteiger partial charge in [-0.25, -0.2) is 4.99 Å². The predicted molar refractivity (Wildman–Crippen MR) is 280 cm³/mol.